The molecule has 1 fully saturated rings. The third-order valence-corrected chi connectivity index (χ3v) is 4.31. The number of likely N-dealkylation sites (N-methyl/N-ethyl adjacent to an activating group) is 1. The van der Waals surface area contributed by atoms with Crippen molar-refractivity contribution in [2.24, 2.45) is 10.7 Å². The molecule has 0 bridgehead atoms. The molecular formula is C17H24N4O. The fraction of sp³-hybridized carbons (Fsp3) is 0.471. The largest absolute Gasteiger partial charge is 0.459 e. The Bertz CT molecular complexity index is 616. The maximum atomic E-state index is 5.96. The molecule has 1 aromatic carbocycles. The molecule has 1 aliphatic heterocycles. The van der Waals surface area contributed by atoms with Gasteiger partial charge in [-0.1, -0.05) is 25.1 Å². The zero-order valence-electron chi connectivity index (χ0n) is 13.1. The Morgan fingerprint density at radius 2 is 2.32 bits per heavy atom. The first-order chi connectivity index (χ1) is 10.8. The number of fused-ring (bicyclic) bond motifs is 1. The van der Waals surface area contributed by atoms with Crippen molar-refractivity contribution in [2.75, 3.05) is 19.6 Å². The molecule has 5 heteroatoms. The summed E-state index contributed by atoms with van der Waals surface area (Å²) in [5, 5.41) is 4.34. The van der Waals surface area contributed by atoms with Crippen LogP contribution in [0.4, 0.5) is 0 Å². The second kappa shape index (κ2) is 6.83. The monoisotopic (exact) mass is 300 g/mol. The van der Waals surface area contributed by atoms with Crippen molar-refractivity contribution in [1.82, 2.24) is 10.2 Å². The van der Waals surface area contributed by atoms with Gasteiger partial charge in [0.25, 0.3) is 0 Å². The Morgan fingerprint density at radius 1 is 1.45 bits per heavy atom. The van der Waals surface area contributed by atoms with E-state index >= 15 is 0 Å². The minimum Gasteiger partial charge on any atom is -0.459 e. The molecule has 0 spiro atoms. The van der Waals surface area contributed by atoms with Gasteiger partial charge in [0.05, 0.1) is 0 Å². The maximum Gasteiger partial charge on any atom is 0.189 e. The summed E-state index contributed by atoms with van der Waals surface area (Å²) in [6, 6.07) is 10.6. The van der Waals surface area contributed by atoms with Crippen molar-refractivity contribution in [3.63, 3.8) is 0 Å². The summed E-state index contributed by atoms with van der Waals surface area (Å²) >= 11 is 0. The van der Waals surface area contributed by atoms with Gasteiger partial charge in [0, 0.05) is 18.0 Å². The van der Waals surface area contributed by atoms with E-state index in [1.165, 1.54) is 19.4 Å². The van der Waals surface area contributed by atoms with E-state index in [1.54, 1.807) is 0 Å². The average Bonchev–Trinajstić information content (AvgIpc) is 3.16. The van der Waals surface area contributed by atoms with Gasteiger partial charge in [0.15, 0.2) is 5.96 Å². The lowest BCUT2D eigenvalue weighted by Crippen LogP contribution is -2.42. The highest BCUT2D eigenvalue weighted by molar-refractivity contribution is 5.79. The van der Waals surface area contributed by atoms with Gasteiger partial charge in [-0.15, -0.1) is 0 Å². The van der Waals surface area contributed by atoms with Gasteiger partial charge in [-0.2, -0.15) is 0 Å². The molecule has 118 valence electrons. The molecule has 2 heterocycles. The van der Waals surface area contributed by atoms with Gasteiger partial charge in [0.1, 0.15) is 17.9 Å². The van der Waals surface area contributed by atoms with E-state index in [2.05, 4.69) is 22.1 Å². The maximum absolute atomic E-state index is 5.96. The van der Waals surface area contributed by atoms with Gasteiger partial charge >= 0.3 is 0 Å². The number of likely N-dealkylation sites (tertiary alicyclic amines) is 1. The summed E-state index contributed by atoms with van der Waals surface area (Å²) in [5.74, 6) is 1.32. The lowest BCUT2D eigenvalue weighted by atomic mass is 10.2. The third-order valence-electron chi connectivity index (χ3n) is 4.31. The van der Waals surface area contributed by atoms with Crippen LogP contribution < -0.4 is 11.1 Å². The van der Waals surface area contributed by atoms with Crippen LogP contribution in [0.1, 0.15) is 25.5 Å². The van der Waals surface area contributed by atoms with Crippen molar-refractivity contribution in [2.45, 2.75) is 32.4 Å². The normalized spacial score (nSPS) is 19.9. The second-order valence-electron chi connectivity index (χ2n) is 5.76. The highest BCUT2D eigenvalue weighted by atomic mass is 16.3. The number of nitrogens with two attached hydrogens (primary N) is 1. The van der Waals surface area contributed by atoms with E-state index in [0.29, 0.717) is 18.5 Å². The summed E-state index contributed by atoms with van der Waals surface area (Å²) < 4.78 is 5.73. The van der Waals surface area contributed by atoms with E-state index in [1.807, 2.05) is 30.3 Å². The predicted molar refractivity (Wildman–Crippen MR) is 89.8 cm³/mol. The van der Waals surface area contributed by atoms with E-state index in [9.17, 15) is 0 Å². The van der Waals surface area contributed by atoms with Crippen molar-refractivity contribution >= 4 is 16.9 Å². The molecule has 2 aromatic rings. The SMILES string of the molecule is CCN1CCCC1CNC(N)=NCc1cc2ccccc2o1. The fourth-order valence-electron chi connectivity index (χ4n) is 3.10. The summed E-state index contributed by atoms with van der Waals surface area (Å²) in [6.07, 6.45) is 2.51. The number of hydrogen-bond acceptors (Lipinski definition) is 3. The van der Waals surface area contributed by atoms with Crippen molar-refractivity contribution in [3.8, 4) is 0 Å². The number of aliphatic imine (C=N–C) groups is 1. The highest BCUT2D eigenvalue weighted by Crippen LogP contribution is 2.19. The van der Waals surface area contributed by atoms with Crippen LogP contribution in [0.2, 0.25) is 0 Å². The number of para-hydroxylation sites is 1. The number of nitrogens with one attached hydrogen (secondary N) is 1. The van der Waals surface area contributed by atoms with E-state index < -0.39 is 0 Å². The van der Waals surface area contributed by atoms with Crippen LogP contribution in [0, 0.1) is 0 Å². The molecule has 22 heavy (non-hydrogen) atoms. The van der Waals surface area contributed by atoms with Gasteiger partial charge < -0.3 is 15.5 Å². The van der Waals surface area contributed by atoms with Crippen LogP contribution >= 0.6 is 0 Å². The first kappa shape index (κ1) is 14.9. The topological polar surface area (TPSA) is 66.8 Å². The third kappa shape index (κ3) is 3.42. The molecule has 1 aliphatic rings. The standard InChI is InChI=1S/C17H24N4O/c1-2-21-9-5-7-14(21)11-19-17(18)20-12-15-10-13-6-3-4-8-16(13)22-15/h3-4,6,8,10,14H,2,5,7,9,11-12H2,1H3,(H3,18,19,20). The Balaban J connectivity index is 1.53. The number of rotatable bonds is 5. The van der Waals surface area contributed by atoms with Gasteiger partial charge in [-0.3, -0.25) is 4.90 Å². The smallest absolute Gasteiger partial charge is 0.189 e. The van der Waals surface area contributed by atoms with Gasteiger partial charge in [-0.25, -0.2) is 4.99 Å². The number of guanidine groups is 1. The van der Waals surface area contributed by atoms with Crippen LogP contribution in [0.3, 0.4) is 0 Å². The van der Waals surface area contributed by atoms with Crippen LogP contribution in [-0.2, 0) is 6.54 Å². The Kier molecular flexibility index (Phi) is 4.63. The lowest BCUT2D eigenvalue weighted by Gasteiger charge is -2.23. The number of benzene rings is 1. The molecule has 0 amide bonds. The molecule has 1 unspecified atom stereocenters. The summed E-state index contributed by atoms with van der Waals surface area (Å²) in [5.41, 5.74) is 6.85. The van der Waals surface area contributed by atoms with Crippen molar-refractivity contribution in [3.05, 3.63) is 36.1 Å². The zero-order chi connectivity index (χ0) is 15.4. The first-order valence-electron chi connectivity index (χ1n) is 8.01. The predicted octanol–water partition coefficient (Wildman–Crippen LogP) is 2.32. The van der Waals surface area contributed by atoms with E-state index in [-0.39, 0.29) is 0 Å². The minimum atomic E-state index is 0.468. The fourth-order valence-corrected chi connectivity index (χ4v) is 3.10. The van der Waals surface area contributed by atoms with Gasteiger partial charge in [0.2, 0.25) is 0 Å². The molecule has 5 nitrogen and oxygen atoms in total. The van der Waals surface area contributed by atoms with E-state index in [0.717, 1.165) is 29.8 Å². The summed E-state index contributed by atoms with van der Waals surface area (Å²) in [6.45, 7) is 5.83. The Morgan fingerprint density at radius 3 is 3.14 bits per heavy atom. The van der Waals surface area contributed by atoms with Crippen LogP contribution in [0.5, 0.6) is 0 Å². The summed E-state index contributed by atoms with van der Waals surface area (Å²) in [7, 11) is 0. The molecule has 3 rings (SSSR count). The second-order valence-corrected chi connectivity index (χ2v) is 5.76. The summed E-state index contributed by atoms with van der Waals surface area (Å²) in [4.78, 5) is 6.86. The molecule has 3 N–H and O–H groups in total. The average molecular weight is 300 g/mol. The number of furan rings is 1. The Hall–Kier alpha value is -2.01. The van der Waals surface area contributed by atoms with Crippen molar-refractivity contribution < 1.29 is 4.42 Å². The van der Waals surface area contributed by atoms with Crippen LogP contribution in [-0.4, -0.2) is 36.5 Å². The Labute approximate surface area is 131 Å². The number of nitrogens with zero attached hydrogens (tertiary/aromatic N) is 2. The van der Waals surface area contributed by atoms with Crippen LogP contribution in [0.15, 0.2) is 39.7 Å². The first-order valence-corrected chi connectivity index (χ1v) is 8.01. The molecule has 0 aliphatic carbocycles. The molecule has 1 aromatic heterocycles. The molecular weight excluding hydrogens is 276 g/mol. The molecule has 1 saturated heterocycles. The zero-order valence-corrected chi connectivity index (χ0v) is 13.1. The quantitative estimate of drug-likeness (QED) is 0.657. The lowest BCUT2D eigenvalue weighted by molar-refractivity contribution is 0.267. The van der Waals surface area contributed by atoms with Crippen molar-refractivity contribution in [1.29, 1.82) is 0 Å². The van der Waals surface area contributed by atoms with E-state index in [4.69, 9.17) is 10.2 Å². The van der Waals surface area contributed by atoms with Crippen LogP contribution in [0.25, 0.3) is 11.0 Å². The highest BCUT2D eigenvalue weighted by Gasteiger charge is 2.22. The minimum absolute atomic E-state index is 0.468. The van der Waals surface area contributed by atoms with Gasteiger partial charge in [-0.05, 0) is 38.1 Å². The molecule has 0 radical (unpaired) electrons. The molecule has 0 saturated carbocycles. The number of hydrogen-bond donors (Lipinski definition) is 2. The molecule has 1 atom stereocenters.